The fraction of sp³-hybridized carbons (Fsp3) is 0.0833. The number of aromatic amines is 1. The molecule has 0 atom stereocenters. The second-order valence-corrected chi connectivity index (χ2v) is 3.68. The number of nitrogens with zero attached hydrogens (tertiary/aromatic N) is 3. The van der Waals surface area contributed by atoms with Crippen LogP contribution < -0.4 is 5.32 Å². The van der Waals surface area contributed by atoms with E-state index in [1.165, 1.54) is 11.9 Å². The number of imidazole rings is 1. The van der Waals surface area contributed by atoms with E-state index in [1.807, 2.05) is 18.2 Å². The van der Waals surface area contributed by atoms with Gasteiger partial charge in [-0.1, -0.05) is 30.3 Å². The third-order valence-electron chi connectivity index (χ3n) is 2.46. The van der Waals surface area contributed by atoms with E-state index in [2.05, 4.69) is 37.4 Å². The van der Waals surface area contributed by atoms with Crippen LogP contribution in [0.5, 0.6) is 0 Å². The van der Waals surface area contributed by atoms with E-state index in [4.69, 9.17) is 0 Å². The highest BCUT2D eigenvalue weighted by Gasteiger charge is 2.02. The van der Waals surface area contributed by atoms with Gasteiger partial charge in [0.25, 0.3) is 0 Å². The molecule has 0 saturated heterocycles. The second-order valence-electron chi connectivity index (χ2n) is 3.68. The molecule has 3 rings (SSSR count). The maximum Gasteiger partial charge on any atom is 0.202 e. The Kier molecular flexibility index (Phi) is 2.42. The molecule has 0 aliphatic carbocycles. The van der Waals surface area contributed by atoms with Gasteiger partial charge in [-0.15, -0.1) is 0 Å². The minimum absolute atomic E-state index is 0.712. The molecule has 2 heterocycles. The molecule has 0 radical (unpaired) electrons. The fourth-order valence-electron chi connectivity index (χ4n) is 1.63. The first-order chi connectivity index (χ1) is 8.42. The monoisotopic (exact) mass is 225 g/mol. The third kappa shape index (κ3) is 2.08. The molecule has 0 saturated carbocycles. The number of hydrogen-bond acceptors (Lipinski definition) is 4. The van der Waals surface area contributed by atoms with Crippen LogP contribution in [0.25, 0.3) is 11.2 Å². The number of H-pyrrole nitrogens is 1. The van der Waals surface area contributed by atoms with Gasteiger partial charge in [-0.05, 0) is 5.56 Å². The summed E-state index contributed by atoms with van der Waals surface area (Å²) in [6.45, 7) is 0.730. The van der Waals surface area contributed by atoms with Crippen molar-refractivity contribution in [3.8, 4) is 0 Å². The summed E-state index contributed by atoms with van der Waals surface area (Å²) >= 11 is 0. The molecule has 0 amide bonds. The van der Waals surface area contributed by atoms with Gasteiger partial charge in [-0.25, -0.2) is 15.0 Å². The van der Waals surface area contributed by atoms with Gasteiger partial charge < -0.3 is 10.3 Å². The molecule has 2 aromatic heterocycles. The zero-order valence-electron chi connectivity index (χ0n) is 9.09. The highest BCUT2D eigenvalue weighted by Crippen LogP contribution is 2.10. The quantitative estimate of drug-likeness (QED) is 0.715. The van der Waals surface area contributed by atoms with Crippen LogP contribution in [0.3, 0.4) is 0 Å². The summed E-state index contributed by atoms with van der Waals surface area (Å²) in [4.78, 5) is 15.4. The SMILES string of the molecule is c1ccc(CNc2nc3cncnc3[nH]2)cc1. The van der Waals surface area contributed by atoms with Crippen molar-refractivity contribution >= 4 is 17.1 Å². The Morgan fingerprint density at radius 3 is 2.88 bits per heavy atom. The van der Waals surface area contributed by atoms with Crippen LogP contribution in [0.2, 0.25) is 0 Å². The largest absolute Gasteiger partial charge is 0.352 e. The van der Waals surface area contributed by atoms with Crippen molar-refractivity contribution < 1.29 is 0 Å². The predicted octanol–water partition coefficient (Wildman–Crippen LogP) is 1.96. The van der Waals surface area contributed by atoms with Crippen molar-refractivity contribution in [1.82, 2.24) is 19.9 Å². The summed E-state index contributed by atoms with van der Waals surface area (Å²) in [7, 11) is 0. The highest BCUT2D eigenvalue weighted by atomic mass is 15.1. The van der Waals surface area contributed by atoms with Gasteiger partial charge in [0.2, 0.25) is 5.95 Å². The van der Waals surface area contributed by atoms with Gasteiger partial charge in [0, 0.05) is 6.54 Å². The molecular formula is C12H11N5. The van der Waals surface area contributed by atoms with E-state index in [0.717, 1.165) is 17.7 Å². The van der Waals surface area contributed by atoms with Crippen LogP contribution in [0, 0.1) is 0 Å². The van der Waals surface area contributed by atoms with Crippen molar-refractivity contribution in [2.75, 3.05) is 5.32 Å². The van der Waals surface area contributed by atoms with Gasteiger partial charge >= 0.3 is 0 Å². The molecule has 0 unspecified atom stereocenters. The average molecular weight is 225 g/mol. The van der Waals surface area contributed by atoms with Crippen molar-refractivity contribution in [3.05, 3.63) is 48.4 Å². The van der Waals surface area contributed by atoms with Crippen LogP contribution in [-0.2, 0) is 6.54 Å². The van der Waals surface area contributed by atoms with Crippen LogP contribution in [0.4, 0.5) is 5.95 Å². The number of rotatable bonds is 3. The van der Waals surface area contributed by atoms with Crippen LogP contribution in [0.15, 0.2) is 42.9 Å². The lowest BCUT2D eigenvalue weighted by Gasteiger charge is -2.01. The summed E-state index contributed by atoms with van der Waals surface area (Å²) in [5.74, 6) is 0.712. The zero-order chi connectivity index (χ0) is 11.5. The first-order valence-electron chi connectivity index (χ1n) is 5.35. The minimum Gasteiger partial charge on any atom is -0.352 e. The van der Waals surface area contributed by atoms with E-state index in [-0.39, 0.29) is 0 Å². The lowest BCUT2D eigenvalue weighted by atomic mass is 10.2. The Balaban J connectivity index is 1.77. The first kappa shape index (κ1) is 9.77. The van der Waals surface area contributed by atoms with Crippen LogP contribution in [-0.4, -0.2) is 19.9 Å². The summed E-state index contributed by atoms with van der Waals surface area (Å²) in [5, 5.41) is 3.22. The molecule has 2 N–H and O–H groups in total. The van der Waals surface area contributed by atoms with Crippen LogP contribution in [0.1, 0.15) is 5.56 Å². The van der Waals surface area contributed by atoms with Gasteiger partial charge in [0.15, 0.2) is 5.65 Å². The molecule has 84 valence electrons. The molecule has 3 aromatic rings. The normalized spacial score (nSPS) is 10.6. The summed E-state index contributed by atoms with van der Waals surface area (Å²) < 4.78 is 0. The molecular weight excluding hydrogens is 214 g/mol. The maximum absolute atomic E-state index is 4.34. The summed E-state index contributed by atoms with van der Waals surface area (Å²) in [6.07, 6.45) is 3.19. The van der Waals surface area contributed by atoms with Crippen LogP contribution >= 0.6 is 0 Å². The Bertz CT molecular complexity index is 584. The Morgan fingerprint density at radius 2 is 2.06 bits per heavy atom. The Hall–Kier alpha value is -2.43. The van der Waals surface area contributed by atoms with Gasteiger partial charge in [0.05, 0.1) is 6.20 Å². The standard InChI is InChI=1S/C12H11N5/c1-2-4-9(5-3-1)6-14-12-16-10-7-13-8-15-11(10)17-12/h1-5,7-8H,6H2,(H2,13,14,15,16,17). The Morgan fingerprint density at radius 1 is 1.18 bits per heavy atom. The lowest BCUT2D eigenvalue weighted by Crippen LogP contribution is -2.00. The maximum atomic E-state index is 4.34. The Labute approximate surface area is 98.0 Å². The molecule has 5 nitrogen and oxygen atoms in total. The van der Waals surface area contributed by atoms with Gasteiger partial charge in [-0.2, -0.15) is 0 Å². The number of fused-ring (bicyclic) bond motifs is 1. The third-order valence-corrected chi connectivity index (χ3v) is 2.46. The van der Waals surface area contributed by atoms with Gasteiger partial charge in [-0.3, -0.25) is 0 Å². The topological polar surface area (TPSA) is 66.5 Å². The summed E-state index contributed by atoms with van der Waals surface area (Å²) in [6, 6.07) is 10.2. The smallest absolute Gasteiger partial charge is 0.202 e. The van der Waals surface area contributed by atoms with E-state index in [1.54, 1.807) is 6.20 Å². The number of nitrogens with one attached hydrogen (secondary N) is 2. The van der Waals surface area contributed by atoms with E-state index in [9.17, 15) is 0 Å². The number of benzene rings is 1. The second kappa shape index (κ2) is 4.21. The van der Waals surface area contributed by atoms with Crippen molar-refractivity contribution in [2.24, 2.45) is 0 Å². The number of aromatic nitrogens is 4. The van der Waals surface area contributed by atoms with Crippen molar-refractivity contribution in [3.63, 3.8) is 0 Å². The molecule has 1 aromatic carbocycles. The predicted molar refractivity (Wildman–Crippen MR) is 65.5 cm³/mol. The highest BCUT2D eigenvalue weighted by molar-refractivity contribution is 5.71. The molecule has 5 heteroatoms. The van der Waals surface area contributed by atoms with Crippen molar-refractivity contribution in [1.29, 1.82) is 0 Å². The van der Waals surface area contributed by atoms with E-state index >= 15 is 0 Å². The molecule has 0 aliphatic rings. The number of anilines is 1. The fourth-order valence-corrected chi connectivity index (χ4v) is 1.63. The minimum atomic E-state index is 0.712. The van der Waals surface area contributed by atoms with E-state index in [0.29, 0.717) is 5.95 Å². The molecule has 0 spiro atoms. The lowest BCUT2D eigenvalue weighted by molar-refractivity contribution is 1.10. The first-order valence-corrected chi connectivity index (χ1v) is 5.35. The van der Waals surface area contributed by atoms with Gasteiger partial charge in [0.1, 0.15) is 11.8 Å². The van der Waals surface area contributed by atoms with Crippen molar-refractivity contribution in [2.45, 2.75) is 6.54 Å². The average Bonchev–Trinajstić information content (AvgIpc) is 2.80. The number of hydrogen-bond donors (Lipinski definition) is 2. The molecule has 0 fully saturated rings. The zero-order valence-corrected chi connectivity index (χ0v) is 9.09. The molecule has 0 bridgehead atoms. The summed E-state index contributed by atoms with van der Waals surface area (Å²) in [5.41, 5.74) is 2.72. The molecule has 17 heavy (non-hydrogen) atoms. The van der Waals surface area contributed by atoms with E-state index < -0.39 is 0 Å². The molecule has 0 aliphatic heterocycles.